The molecule has 1 aromatic carbocycles. The molecule has 5 heteroatoms. The predicted molar refractivity (Wildman–Crippen MR) is 56.7 cm³/mol. The van der Waals surface area contributed by atoms with E-state index in [0.717, 1.165) is 12.1 Å². The van der Waals surface area contributed by atoms with Crippen LogP contribution < -0.4 is 5.32 Å². The molecular formula is C12H10F3NO. The summed E-state index contributed by atoms with van der Waals surface area (Å²) in [5.74, 6) is 4.13. The summed E-state index contributed by atoms with van der Waals surface area (Å²) in [7, 11) is 0. The number of amides is 1. The Kier molecular flexibility index (Phi) is 4.16. The number of benzene rings is 1. The molecular weight excluding hydrogens is 231 g/mol. The molecule has 1 N–H and O–H groups in total. The Morgan fingerprint density at radius 2 is 2.12 bits per heavy atom. The first-order valence-corrected chi connectivity index (χ1v) is 4.80. The molecule has 0 spiro atoms. The van der Waals surface area contributed by atoms with Gasteiger partial charge in [0.15, 0.2) is 0 Å². The molecule has 0 aliphatic carbocycles. The predicted octanol–water partition coefficient (Wildman–Crippen LogP) is 2.34. The lowest BCUT2D eigenvalue weighted by molar-refractivity contribution is -0.137. The highest BCUT2D eigenvalue weighted by atomic mass is 19.4. The molecule has 1 aromatic rings. The Hall–Kier alpha value is -1.96. The fourth-order valence-corrected chi connectivity index (χ4v) is 1.20. The van der Waals surface area contributed by atoms with Crippen molar-refractivity contribution in [2.24, 2.45) is 0 Å². The molecule has 90 valence electrons. The highest BCUT2D eigenvalue weighted by Gasteiger charge is 2.30. The van der Waals surface area contributed by atoms with Gasteiger partial charge in [-0.25, -0.2) is 0 Å². The topological polar surface area (TPSA) is 29.1 Å². The van der Waals surface area contributed by atoms with Crippen molar-refractivity contribution < 1.29 is 18.0 Å². The molecule has 0 saturated carbocycles. The lowest BCUT2D eigenvalue weighted by Crippen LogP contribution is -2.21. The summed E-state index contributed by atoms with van der Waals surface area (Å²) < 4.78 is 37.1. The molecule has 0 radical (unpaired) electrons. The summed E-state index contributed by atoms with van der Waals surface area (Å²) >= 11 is 0. The van der Waals surface area contributed by atoms with Crippen molar-refractivity contribution in [1.82, 2.24) is 5.32 Å². The molecule has 0 saturated heterocycles. The second kappa shape index (κ2) is 5.39. The molecule has 1 amide bonds. The van der Waals surface area contributed by atoms with Gasteiger partial charge in [0.05, 0.1) is 5.56 Å². The summed E-state index contributed by atoms with van der Waals surface area (Å²) in [5, 5.41) is 2.40. The lowest BCUT2D eigenvalue weighted by atomic mass is 10.1. The number of nitrogens with one attached hydrogen (secondary N) is 1. The van der Waals surface area contributed by atoms with E-state index in [1.165, 1.54) is 19.1 Å². The molecule has 2 nitrogen and oxygen atoms in total. The minimum Gasteiger partial charge on any atom is -0.341 e. The average Bonchev–Trinajstić information content (AvgIpc) is 2.26. The second-order valence-electron chi connectivity index (χ2n) is 3.26. The largest absolute Gasteiger partial charge is 0.416 e. The van der Waals surface area contributed by atoms with E-state index < -0.39 is 17.6 Å². The van der Waals surface area contributed by atoms with E-state index >= 15 is 0 Å². The molecule has 17 heavy (non-hydrogen) atoms. The molecule has 0 aliphatic rings. The summed E-state index contributed by atoms with van der Waals surface area (Å²) in [5.41, 5.74) is -0.350. The van der Waals surface area contributed by atoms with Crippen molar-refractivity contribution in [2.45, 2.75) is 19.6 Å². The zero-order chi connectivity index (χ0) is 12.9. The van der Waals surface area contributed by atoms with Crippen LogP contribution in [0.1, 0.15) is 18.1 Å². The van der Waals surface area contributed by atoms with Crippen molar-refractivity contribution in [1.29, 1.82) is 0 Å². The summed E-state index contributed by atoms with van der Waals surface area (Å²) in [6.45, 7) is 1.53. The number of hydrogen-bond acceptors (Lipinski definition) is 1. The second-order valence-corrected chi connectivity index (χ2v) is 3.26. The van der Waals surface area contributed by atoms with Crippen LogP contribution in [0.4, 0.5) is 13.2 Å². The minimum atomic E-state index is -4.37. The zero-order valence-electron chi connectivity index (χ0n) is 9.06. The van der Waals surface area contributed by atoms with Gasteiger partial charge in [-0.05, 0) is 30.5 Å². The standard InChI is InChI=1S/C12H10F3NO/c1-2-4-11(17)16-8-9-5-3-6-10(7-9)12(13,14)15/h3,5-7H,8H2,1H3,(H,16,17). The zero-order valence-corrected chi connectivity index (χ0v) is 9.06. The van der Waals surface area contributed by atoms with Crippen LogP contribution in [-0.2, 0) is 17.5 Å². The van der Waals surface area contributed by atoms with E-state index in [4.69, 9.17) is 0 Å². The van der Waals surface area contributed by atoms with Crippen molar-refractivity contribution >= 4 is 5.91 Å². The van der Waals surface area contributed by atoms with E-state index in [1.807, 2.05) is 0 Å². The van der Waals surface area contributed by atoms with E-state index in [-0.39, 0.29) is 6.54 Å². The van der Waals surface area contributed by atoms with Crippen LogP contribution in [0.3, 0.4) is 0 Å². The van der Waals surface area contributed by atoms with Gasteiger partial charge < -0.3 is 5.32 Å². The van der Waals surface area contributed by atoms with E-state index in [2.05, 4.69) is 17.2 Å². The fourth-order valence-electron chi connectivity index (χ4n) is 1.20. The summed E-state index contributed by atoms with van der Waals surface area (Å²) in [6.07, 6.45) is -4.37. The third kappa shape index (κ3) is 4.19. The van der Waals surface area contributed by atoms with Gasteiger partial charge in [0.25, 0.3) is 5.91 Å². The van der Waals surface area contributed by atoms with Crippen molar-refractivity contribution in [3.63, 3.8) is 0 Å². The highest BCUT2D eigenvalue weighted by molar-refractivity contribution is 5.93. The van der Waals surface area contributed by atoms with Gasteiger partial charge >= 0.3 is 6.18 Å². The molecule has 1 rings (SSSR count). The Morgan fingerprint density at radius 1 is 1.41 bits per heavy atom. The Morgan fingerprint density at radius 3 is 2.71 bits per heavy atom. The molecule has 0 unspecified atom stereocenters. The molecule has 0 aliphatic heterocycles. The summed E-state index contributed by atoms with van der Waals surface area (Å²) in [4.78, 5) is 11.0. The van der Waals surface area contributed by atoms with E-state index in [1.54, 1.807) is 0 Å². The van der Waals surface area contributed by atoms with E-state index in [9.17, 15) is 18.0 Å². The lowest BCUT2D eigenvalue weighted by Gasteiger charge is -2.08. The van der Waals surface area contributed by atoms with Crippen molar-refractivity contribution in [2.75, 3.05) is 0 Å². The molecule has 0 aromatic heterocycles. The number of rotatable bonds is 2. The maximum absolute atomic E-state index is 12.4. The summed E-state index contributed by atoms with van der Waals surface area (Å²) in [6, 6.07) is 4.79. The first-order valence-electron chi connectivity index (χ1n) is 4.80. The van der Waals surface area contributed by atoms with Crippen LogP contribution in [-0.4, -0.2) is 5.91 Å². The van der Waals surface area contributed by atoms with Crippen LogP contribution in [0.5, 0.6) is 0 Å². The average molecular weight is 241 g/mol. The van der Waals surface area contributed by atoms with Crippen LogP contribution >= 0.6 is 0 Å². The van der Waals surface area contributed by atoms with Crippen LogP contribution in [0.25, 0.3) is 0 Å². The number of halogens is 3. The van der Waals surface area contributed by atoms with Gasteiger partial charge in [0.2, 0.25) is 0 Å². The Labute approximate surface area is 96.8 Å². The third-order valence-corrected chi connectivity index (χ3v) is 1.95. The highest BCUT2D eigenvalue weighted by Crippen LogP contribution is 2.29. The van der Waals surface area contributed by atoms with Crippen LogP contribution in [0.2, 0.25) is 0 Å². The maximum atomic E-state index is 12.4. The smallest absolute Gasteiger partial charge is 0.341 e. The third-order valence-electron chi connectivity index (χ3n) is 1.95. The van der Waals surface area contributed by atoms with Crippen molar-refractivity contribution in [3.8, 4) is 11.8 Å². The first kappa shape index (κ1) is 13.1. The maximum Gasteiger partial charge on any atom is 0.416 e. The molecule has 0 fully saturated rings. The Balaban J connectivity index is 2.72. The number of carbonyl (C=O) groups is 1. The molecule has 0 heterocycles. The van der Waals surface area contributed by atoms with Gasteiger partial charge in [-0.3, -0.25) is 4.79 Å². The van der Waals surface area contributed by atoms with Gasteiger partial charge in [-0.1, -0.05) is 18.1 Å². The SMILES string of the molecule is CC#CC(=O)NCc1cccc(C(F)(F)F)c1. The normalized spacial score (nSPS) is 10.4. The molecule has 0 atom stereocenters. The van der Waals surface area contributed by atoms with Crippen LogP contribution in [0.15, 0.2) is 24.3 Å². The Bertz CT molecular complexity index is 469. The van der Waals surface area contributed by atoms with E-state index in [0.29, 0.717) is 5.56 Å². The quantitative estimate of drug-likeness (QED) is 0.791. The number of alkyl halides is 3. The fraction of sp³-hybridized carbons (Fsp3) is 0.250. The van der Waals surface area contributed by atoms with Crippen molar-refractivity contribution in [3.05, 3.63) is 35.4 Å². The van der Waals surface area contributed by atoms with Gasteiger partial charge in [0, 0.05) is 6.54 Å². The van der Waals surface area contributed by atoms with Gasteiger partial charge in [-0.15, -0.1) is 0 Å². The number of carbonyl (C=O) groups excluding carboxylic acids is 1. The van der Waals surface area contributed by atoms with Gasteiger partial charge in [0.1, 0.15) is 0 Å². The van der Waals surface area contributed by atoms with Crippen LogP contribution in [0, 0.1) is 11.8 Å². The monoisotopic (exact) mass is 241 g/mol. The minimum absolute atomic E-state index is 0.0252. The first-order chi connectivity index (χ1) is 7.93. The van der Waals surface area contributed by atoms with Gasteiger partial charge in [-0.2, -0.15) is 13.2 Å². The molecule has 0 bridgehead atoms. The number of hydrogen-bond donors (Lipinski definition) is 1.